The molecule has 0 N–H and O–H groups in total. The first-order valence-electron chi connectivity index (χ1n) is 7.67. The number of fused-ring (bicyclic) bond motifs is 1. The standard InChI is InChI=1S/C19H18N2O3S/c1-4-10-21-16-9-8-15(24-3)12-17(16)25-19(21)20-18(22)13-6-5-7-14(11-13)23-2/h4-9,11-12H,1,10H2,2-3H3. The Bertz CT molecular complexity index is 1000. The van der Waals surface area contributed by atoms with Gasteiger partial charge in [0.05, 0.1) is 24.4 Å². The first-order valence-corrected chi connectivity index (χ1v) is 8.49. The molecule has 0 saturated carbocycles. The van der Waals surface area contributed by atoms with Crippen LogP contribution in [0.15, 0.2) is 60.1 Å². The zero-order valence-corrected chi connectivity index (χ0v) is 14.9. The van der Waals surface area contributed by atoms with Crippen LogP contribution in [0.5, 0.6) is 11.5 Å². The average molecular weight is 354 g/mol. The number of ether oxygens (including phenoxy) is 2. The van der Waals surface area contributed by atoms with E-state index in [1.807, 2.05) is 22.8 Å². The molecular formula is C19H18N2O3S. The minimum atomic E-state index is -0.310. The van der Waals surface area contributed by atoms with E-state index in [1.54, 1.807) is 44.6 Å². The summed E-state index contributed by atoms with van der Waals surface area (Å²) in [6, 6.07) is 12.8. The zero-order valence-electron chi connectivity index (χ0n) is 14.1. The molecule has 1 amide bonds. The fourth-order valence-electron chi connectivity index (χ4n) is 2.48. The third kappa shape index (κ3) is 3.49. The number of hydrogen-bond donors (Lipinski definition) is 0. The maximum atomic E-state index is 12.6. The number of carbonyl (C=O) groups excluding carboxylic acids is 1. The van der Waals surface area contributed by atoms with Gasteiger partial charge in [0.1, 0.15) is 11.5 Å². The lowest BCUT2D eigenvalue weighted by molar-refractivity contribution is 0.0997. The van der Waals surface area contributed by atoms with Gasteiger partial charge in [-0.25, -0.2) is 0 Å². The van der Waals surface area contributed by atoms with Crippen molar-refractivity contribution in [2.45, 2.75) is 6.54 Å². The molecule has 0 fully saturated rings. The van der Waals surface area contributed by atoms with Crippen molar-refractivity contribution in [2.24, 2.45) is 4.99 Å². The van der Waals surface area contributed by atoms with Gasteiger partial charge < -0.3 is 14.0 Å². The molecule has 0 saturated heterocycles. The second kappa shape index (κ2) is 7.36. The summed E-state index contributed by atoms with van der Waals surface area (Å²) in [6.45, 7) is 4.36. The second-order valence-corrected chi connectivity index (χ2v) is 6.28. The number of allylic oxidation sites excluding steroid dienone is 1. The Morgan fingerprint density at radius 2 is 1.96 bits per heavy atom. The average Bonchev–Trinajstić information content (AvgIpc) is 2.98. The Balaban J connectivity index is 2.12. The summed E-state index contributed by atoms with van der Waals surface area (Å²) in [5, 5.41) is 0. The molecule has 0 spiro atoms. The highest BCUT2D eigenvalue weighted by molar-refractivity contribution is 7.16. The van der Waals surface area contributed by atoms with Gasteiger partial charge in [0.2, 0.25) is 0 Å². The smallest absolute Gasteiger partial charge is 0.279 e. The molecule has 5 nitrogen and oxygen atoms in total. The van der Waals surface area contributed by atoms with Crippen LogP contribution in [0.4, 0.5) is 0 Å². The normalized spacial score (nSPS) is 11.5. The molecule has 0 aliphatic rings. The Morgan fingerprint density at radius 3 is 2.68 bits per heavy atom. The summed E-state index contributed by atoms with van der Waals surface area (Å²) in [6.07, 6.45) is 1.78. The Hall–Kier alpha value is -2.86. The number of carbonyl (C=O) groups is 1. The molecule has 0 unspecified atom stereocenters. The van der Waals surface area contributed by atoms with Gasteiger partial charge in [0.15, 0.2) is 4.80 Å². The van der Waals surface area contributed by atoms with Crippen molar-refractivity contribution in [2.75, 3.05) is 14.2 Å². The van der Waals surface area contributed by atoms with E-state index in [0.29, 0.717) is 22.7 Å². The maximum Gasteiger partial charge on any atom is 0.279 e. The molecule has 0 aliphatic heterocycles. The fraction of sp³-hybridized carbons (Fsp3) is 0.158. The molecule has 25 heavy (non-hydrogen) atoms. The van der Waals surface area contributed by atoms with Crippen molar-refractivity contribution >= 4 is 27.5 Å². The molecule has 0 atom stereocenters. The SMILES string of the molecule is C=CCn1c(=NC(=O)c2cccc(OC)c2)sc2cc(OC)ccc21. The summed E-state index contributed by atoms with van der Waals surface area (Å²) in [5.41, 5.74) is 1.47. The molecule has 3 rings (SSSR count). The van der Waals surface area contributed by atoms with E-state index in [0.717, 1.165) is 16.0 Å². The number of hydrogen-bond acceptors (Lipinski definition) is 4. The molecule has 3 aromatic rings. The molecule has 1 aromatic heterocycles. The van der Waals surface area contributed by atoms with Crippen LogP contribution in [0, 0.1) is 0 Å². The van der Waals surface area contributed by atoms with Gasteiger partial charge in [-0.15, -0.1) is 6.58 Å². The van der Waals surface area contributed by atoms with E-state index >= 15 is 0 Å². The lowest BCUT2D eigenvalue weighted by Crippen LogP contribution is -2.16. The van der Waals surface area contributed by atoms with E-state index < -0.39 is 0 Å². The van der Waals surface area contributed by atoms with Crippen LogP contribution in [-0.2, 0) is 6.54 Å². The molecule has 2 aromatic carbocycles. The van der Waals surface area contributed by atoms with E-state index in [2.05, 4.69) is 11.6 Å². The second-order valence-electron chi connectivity index (χ2n) is 5.27. The summed E-state index contributed by atoms with van der Waals surface area (Å²) in [4.78, 5) is 17.5. The Morgan fingerprint density at radius 1 is 1.20 bits per heavy atom. The minimum Gasteiger partial charge on any atom is -0.497 e. The van der Waals surface area contributed by atoms with E-state index in [-0.39, 0.29) is 5.91 Å². The van der Waals surface area contributed by atoms with Gasteiger partial charge in [-0.05, 0) is 36.4 Å². The highest BCUT2D eigenvalue weighted by Gasteiger charge is 2.10. The van der Waals surface area contributed by atoms with E-state index in [4.69, 9.17) is 9.47 Å². The highest BCUT2D eigenvalue weighted by Crippen LogP contribution is 2.23. The molecule has 0 aliphatic carbocycles. The van der Waals surface area contributed by atoms with Gasteiger partial charge in [-0.3, -0.25) is 4.79 Å². The fourth-order valence-corrected chi connectivity index (χ4v) is 3.55. The zero-order chi connectivity index (χ0) is 17.8. The number of methoxy groups -OCH3 is 2. The first-order chi connectivity index (χ1) is 12.2. The predicted molar refractivity (Wildman–Crippen MR) is 99.5 cm³/mol. The predicted octanol–water partition coefficient (Wildman–Crippen LogP) is 3.65. The van der Waals surface area contributed by atoms with Crippen LogP contribution in [0.1, 0.15) is 10.4 Å². The maximum absolute atomic E-state index is 12.6. The molecule has 128 valence electrons. The lowest BCUT2D eigenvalue weighted by Gasteiger charge is -2.03. The monoisotopic (exact) mass is 354 g/mol. The lowest BCUT2D eigenvalue weighted by atomic mass is 10.2. The van der Waals surface area contributed by atoms with E-state index in [1.165, 1.54) is 11.3 Å². The van der Waals surface area contributed by atoms with Crippen LogP contribution < -0.4 is 14.3 Å². The van der Waals surface area contributed by atoms with Crippen molar-refractivity contribution in [3.63, 3.8) is 0 Å². The number of benzene rings is 2. The summed E-state index contributed by atoms with van der Waals surface area (Å²) in [7, 11) is 3.20. The highest BCUT2D eigenvalue weighted by atomic mass is 32.1. The van der Waals surface area contributed by atoms with E-state index in [9.17, 15) is 4.79 Å². The van der Waals surface area contributed by atoms with Crippen LogP contribution in [-0.4, -0.2) is 24.7 Å². The molecule has 0 bridgehead atoms. The number of thiazole rings is 1. The van der Waals surface area contributed by atoms with Gasteiger partial charge in [0, 0.05) is 12.1 Å². The van der Waals surface area contributed by atoms with Crippen LogP contribution in [0.3, 0.4) is 0 Å². The summed E-state index contributed by atoms with van der Waals surface area (Å²) >= 11 is 1.44. The van der Waals surface area contributed by atoms with Gasteiger partial charge in [-0.2, -0.15) is 4.99 Å². The molecule has 6 heteroatoms. The quantitative estimate of drug-likeness (QED) is 0.657. The number of aromatic nitrogens is 1. The van der Waals surface area contributed by atoms with Crippen LogP contribution >= 0.6 is 11.3 Å². The Kier molecular flexibility index (Phi) is 5.00. The number of rotatable bonds is 5. The third-order valence-electron chi connectivity index (χ3n) is 3.72. The van der Waals surface area contributed by atoms with Crippen molar-refractivity contribution in [1.29, 1.82) is 0 Å². The largest absolute Gasteiger partial charge is 0.497 e. The summed E-state index contributed by atoms with van der Waals surface area (Å²) in [5.74, 6) is 1.08. The Labute approximate surface area is 149 Å². The topological polar surface area (TPSA) is 52.8 Å². The van der Waals surface area contributed by atoms with Crippen molar-refractivity contribution < 1.29 is 14.3 Å². The van der Waals surface area contributed by atoms with Gasteiger partial charge in [0.25, 0.3) is 5.91 Å². The van der Waals surface area contributed by atoms with Crippen molar-refractivity contribution in [3.05, 3.63) is 65.5 Å². The minimum absolute atomic E-state index is 0.310. The van der Waals surface area contributed by atoms with Crippen molar-refractivity contribution in [1.82, 2.24) is 4.57 Å². The van der Waals surface area contributed by atoms with Crippen molar-refractivity contribution in [3.8, 4) is 11.5 Å². The van der Waals surface area contributed by atoms with Gasteiger partial charge in [-0.1, -0.05) is 23.5 Å². The van der Waals surface area contributed by atoms with Gasteiger partial charge >= 0.3 is 0 Å². The van der Waals surface area contributed by atoms with Crippen LogP contribution in [0.25, 0.3) is 10.2 Å². The molecule has 1 heterocycles. The first kappa shape index (κ1) is 17.0. The molecule has 0 radical (unpaired) electrons. The van der Waals surface area contributed by atoms with Crippen LogP contribution in [0.2, 0.25) is 0 Å². The number of nitrogens with zero attached hydrogens (tertiary/aromatic N) is 2. The molecular weight excluding hydrogens is 336 g/mol. The summed E-state index contributed by atoms with van der Waals surface area (Å²) < 4.78 is 13.4. The third-order valence-corrected chi connectivity index (χ3v) is 4.76. The number of amides is 1.